The summed E-state index contributed by atoms with van der Waals surface area (Å²) in [5, 5.41) is 0. The normalized spacial score (nSPS) is 13.2. The summed E-state index contributed by atoms with van der Waals surface area (Å²) in [7, 11) is 0. The summed E-state index contributed by atoms with van der Waals surface area (Å²) in [5.41, 5.74) is -1.03. The number of hydrogen-bond acceptors (Lipinski definition) is 9. The molecule has 0 fully saturated rings. The van der Waals surface area contributed by atoms with Crippen LogP contribution in [0.4, 0.5) is 0 Å². The Morgan fingerprint density at radius 1 is 0.550 bits per heavy atom. The van der Waals surface area contributed by atoms with E-state index in [0.717, 1.165) is 38.4 Å². The molecule has 0 spiro atoms. The zero-order valence-corrected chi connectivity index (χ0v) is 26.7. The minimum Gasteiger partial charge on any atom is -0.381 e. The number of carbonyl (C=O) groups is 1. The fourth-order valence-corrected chi connectivity index (χ4v) is 4.02. The van der Waals surface area contributed by atoms with Crippen molar-refractivity contribution in [2.75, 3.05) is 99.1 Å². The minimum absolute atomic E-state index is 0.209. The molecule has 0 aromatic rings. The quantitative estimate of drug-likeness (QED) is 0.0797. The first-order chi connectivity index (χ1) is 19.5. The molecule has 0 N–H and O–H groups in total. The van der Waals surface area contributed by atoms with E-state index < -0.39 is 11.0 Å². The predicted molar refractivity (Wildman–Crippen MR) is 158 cm³/mol. The van der Waals surface area contributed by atoms with Crippen molar-refractivity contribution in [2.24, 2.45) is 11.3 Å². The van der Waals surface area contributed by atoms with E-state index in [2.05, 4.69) is 27.7 Å². The van der Waals surface area contributed by atoms with Crippen molar-refractivity contribution in [1.82, 2.24) is 0 Å². The van der Waals surface area contributed by atoms with Gasteiger partial charge >= 0.3 is 0 Å². The smallest absolute Gasteiger partial charge is 0.138 e. The highest BCUT2D eigenvalue weighted by atomic mass is 16.6. The molecule has 9 heteroatoms. The molecule has 0 heterocycles. The zero-order chi connectivity index (χ0) is 29.8. The average molecular weight is 579 g/mol. The summed E-state index contributed by atoms with van der Waals surface area (Å²) in [5.74, 6) is -0.209. The SMILES string of the molecule is CCCOCC(COCC)(COCC)COCC(C=O)CCCOCC(COCCC)(COCCC)OCCC. The van der Waals surface area contributed by atoms with Crippen molar-refractivity contribution in [1.29, 1.82) is 0 Å². The first kappa shape index (κ1) is 39.4. The lowest BCUT2D eigenvalue weighted by Crippen LogP contribution is -2.47. The number of carbonyl (C=O) groups excluding carboxylic acids is 1. The van der Waals surface area contributed by atoms with Gasteiger partial charge in [-0.05, 0) is 52.4 Å². The summed E-state index contributed by atoms with van der Waals surface area (Å²) < 4.78 is 47.5. The second-order valence-electron chi connectivity index (χ2n) is 10.6. The highest BCUT2D eigenvalue weighted by molar-refractivity contribution is 5.53. The van der Waals surface area contributed by atoms with E-state index in [0.29, 0.717) is 106 Å². The Morgan fingerprint density at radius 3 is 1.48 bits per heavy atom. The molecule has 0 aliphatic heterocycles. The first-order valence-corrected chi connectivity index (χ1v) is 15.6. The number of ether oxygens (including phenoxy) is 8. The van der Waals surface area contributed by atoms with Gasteiger partial charge in [0.05, 0.1) is 58.3 Å². The van der Waals surface area contributed by atoms with Gasteiger partial charge in [-0.25, -0.2) is 0 Å². The molecule has 0 aliphatic carbocycles. The lowest BCUT2D eigenvalue weighted by molar-refractivity contribution is -0.166. The van der Waals surface area contributed by atoms with E-state index in [9.17, 15) is 4.79 Å². The molecular formula is C31H62O9. The van der Waals surface area contributed by atoms with Crippen LogP contribution in [0.3, 0.4) is 0 Å². The van der Waals surface area contributed by atoms with Crippen molar-refractivity contribution in [3.63, 3.8) is 0 Å². The van der Waals surface area contributed by atoms with Gasteiger partial charge in [0.1, 0.15) is 11.9 Å². The van der Waals surface area contributed by atoms with Gasteiger partial charge in [-0.15, -0.1) is 0 Å². The summed E-state index contributed by atoms with van der Waals surface area (Å²) >= 11 is 0. The Labute approximate surface area is 245 Å². The number of rotatable bonds is 32. The third-order valence-electron chi connectivity index (χ3n) is 6.18. The highest BCUT2D eigenvalue weighted by Crippen LogP contribution is 2.22. The van der Waals surface area contributed by atoms with Crippen LogP contribution in [0.15, 0.2) is 0 Å². The van der Waals surface area contributed by atoms with Crippen molar-refractivity contribution in [2.45, 2.75) is 85.7 Å². The fraction of sp³-hybridized carbons (Fsp3) is 0.968. The maximum atomic E-state index is 11.8. The molecule has 0 aromatic heterocycles. The van der Waals surface area contributed by atoms with Crippen molar-refractivity contribution in [3.05, 3.63) is 0 Å². The van der Waals surface area contributed by atoms with Crippen LogP contribution in [0, 0.1) is 11.3 Å². The summed E-state index contributed by atoms with van der Waals surface area (Å²) in [6, 6.07) is 0. The van der Waals surface area contributed by atoms with Gasteiger partial charge in [-0.2, -0.15) is 0 Å². The van der Waals surface area contributed by atoms with Crippen LogP contribution in [0.2, 0.25) is 0 Å². The Hall–Kier alpha value is -0.650. The highest BCUT2D eigenvalue weighted by Gasteiger charge is 2.34. The molecular weight excluding hydrogens is 516 g/mol. The van der Waals surface area contributed by atoms with Gasteiger partial charge < -0.3 is 42.7 Å². The van der Waals surface area contributed by atoms with Crippen LogP contribution in [0.25, 0.3) is 0 Å². The molecule has 0 aromatic carbocycles. The van der Waals surface area contributed by atoms with Gasteiger partial charge in [0.2, 0.25) is 0 Å². The molecule has 0 saturated heterocycles. The lowest BCUT2D eigenvalue weighted by atomic mass is 9.92. The van der Waals surface area contributed by atoms with Crippen molar-refractivity contribution < 1.29 is 42.7 Å². The maximum absolute atomic E-state index is 11.8. The molecule has 0 rings (SSSR count). The zero-order valence-electron chi connectivity index (χ0n) is 26.7. The van der Waals surface area contributed by atoms with E-state index in [1.54, 1.807) is 0 Å². The second-order valence-corrected chi connectivity index (χ2v) is 10.6. The molecule has 0 saturated carbocycles. The van der Waals surface area contributed by atoms with E-state index in [-0.39, 0.29) is 5.92 Å². The van der Waals surface area contributed by atoms with Gasteiger partial charge in [-0.1, -0.05) is 27.7 Å². The monoisotopic (exact) mass is 578 g/mol. The van der Waals surface area contributed by atoms with E-state index in [4.69, 9.17) is 37.9 Å². The molecule has 9 nitrogen and oxygen atoms in total. The first-order valence-electron chi connectivity index (χ1n) is 15.6. The summed E-state index contributed by atoms with van der Waals surface area (Å²) in [4.78, 5) is 11.8. The molecule has 0 bridgehead atoms. The van der Waals surface area contributed by atoms with E-state index in [1.165, 1.54) is 0 Å². The largest absolute Gasteiger partial charge is 0.381 e. The van der Waals surface area contributed by atoms with Crippen LogP contribution in [-0.4, -0.2) is 111 Å². The molecule has 0 aliphatic rings. The van der Waals surface area contributed by atoms with Crippen LogP contribution in [0.1, 0.15) is 80.1 Å². The van der Waals surface area contributed by atoms with Crippen LogP contribution in [0.5, 0.6) is 0 Å². The molecule has 0 radical (unpaired) electrons. The lowest BCUT2D eigenvalue weighted by Gasteiger charge is -2.33. The second kappa shape index (κ2) is 27.2. The molecule has 240 valence electrons. The van der Waals surface area contributed by atoms with Gasteiger partial charge in [0.25, 0.3) is 0 Å². The number of hydrogen-bond donors (Lipinski definition) is 0. The molecule has 1 atom stereocenters. The van der Waals surface area contributed by atoms with Gasteiger partial charge in [0, 0.05) is 52.2 Å². The van der Waals surface area contributed by atoms with Crippen LogP contribution < -0.4 is 0 Å². The van der Waals surface area contributed by atoms with E-state index >= 15 is 0 Å². The number of aldehydes is 1. The van der Waals surface area contributed by atoms with Gasteiger partial charge in [-0.3, -0.25) is 0 Å². The fourth-order valence-electron chi connectivity index (χ4n) is 4.02. The topological polar surface area (TPSA) is 90.9 Å². The molecule has 40 heavy (non-hydrogen) atoms. The molecule has 0 amide bonds. The Balaban J connectivity index is 4.85. The van der Waals surface area contributed by atoms with E-state index in [1.807, 2.05) is 13.8 Å². The van der Waals surface area contributed by atoms with Gasteiger partial charge in [0.15, 0.2) is 0 Å². The van der Waals surface area contributed by atoms with Crippen molar-refractivity contribution in [3.8, 4) is 0 Å². The molecule has 1 unspecified atom stereocenters. The van der Waals surface area contributed by atoms with Crippen LogP contribution >= 0.6 is 0 Å². The third-order valence-corrected chi connectivity index (χ3v) is 6.18. The summed E-state index contributed by atoms with van der Waals surface area (Å²) in [6.45, 7) is 20.1. The Bertz CT molecular complexity index is 529. The predicted octanol–water partition coefficient (Wildman–Crippen LogP) is 5.12. The third kappa shape index (κ3) is 19.5. The summed E-state index contributed by atoms with van der Waals surface area (Å²) in [6.07, 6.45) is 6.14. The Kier molecular flexibility index (Phi) is 26.8. The standard InChI is InChI=1S/C31H62O9/c1-7-15-35-24-30(22-33-11-5,23-34-12-6)25-39-21-29(20-32)14-13-19-38-28-31(40-18-10-4,26-36-16-8-2)27-37-17-9-3/h20,29H,7-19,21-28H2,1-6H3. The van der Waals surface area contributed by atoms with Crippen molar-refractivity contribution >= 4 is 6.29 Å². The Morgan fingerprint density at radius 2 is 1.00 bits per heavy atom. The average Bonchev–Trinajstić information content (AvgIpc) is 2.97. The van der Waals surface area contributed by atoms with Crippen LogP contribution in [-0.2, 0) is 42.7 Å². The maximum Gasteiger partial charge on any atom is 0.138 e. The minimum atomic E-state index is -0.627.